The second kappa shape index (κ2) is 5.89. The molecule has 0 aromatic carbocycles. The van der Waals surface area contributed by atoms with Crippen molar-refractivity contribution in [2.75, 3.05) is 13.1 Å². The molecule has 0 radical (unpaired) electrons. The molecular formula is C13H20BrN3O. The van der Waals surface area contributed by atoms with E-state index in [1.54, 1.807) is 0 Å². The monoisotopic (exact) mass is 313 g/mol. The Morgan fingerprint density at radius 1 is 1.50 bits per heavy atom. The van der Waals surface area contributed by atoms with Crippen LogP contribution in [0.5, 0.6) is 0 Å². The summed E-state index contributed by atoms with van der Waals surface area (Å²) in [5.41, 5.74) is 6.64. The molecule has 5 heteroatoms. The molecule has 2 N–H and O–H groups in total. The van der Waals surface area contributed by atoms with E-state index >= 15 is 0 Å². The van der Waals surface area contributed by atoms with Crippen molar-refractivity contribution in [3.8, 4) is 0 Å². The minimum absolute atomic E-state index is 0.126. The fourth-order valence-corrected chi connectivity index (χ4v) is 2.81. The van der Waals surface area contributed by atoms with E-state index in [9.17, 15) is 4.79 Å². The molecule has 0 atom stereocenters. The van der Waals surface area contributed by atoms with Crippen LogP contribution < -0.4 is 5.73 Å². The van der Waals surface area contributed by atoms with Crippen molar-refractivity contribution in [3.05, 3.63) is 22.4 Å². The number of nitrogens with zero attached hydrogens (tertiary/aromatic N) is 2. The van der Waals surface area contributed by atoms with Gasteiger partial charge in [-0.15, -0.1) is 0 Å². The van der Waals surface area contributed by atoms with Crippen molar-refractivity contribution in [1.29, 1.82) is 0 Å². The number of aryl methyl sites for hydroxylation is 1. The normalized spacial score (nSPS) is 17.2. The zero-order valence-electron chi connectivity index (χ0n) is 10.7. The Kier molecular flexibility index (Phi) is 4.45. The number of hydrogen-bond donors (Lipinski definition) is 1. The maximum atomic E-state index is 12.5. The molecular weight excluding hydrogens is 294 g/mol. The van der Waals surface area contributed by atoms with Crippen LogP contribution in [-0.4, -0.2) is 34.5 Å². The summed E-state index contributed by atoms with van der Waals surface area (Å²) in [5, 5.41) is 0. The van der Waals surface area contributed by atoms with Gasteiger partial charge in [-0.25, -0.2) is 0 Å². The molecule has 1 amide bonds. The minimum Gasteiger partial charge on any atom is -0.342 e. The van der Waals surface area contributed by atoms with Gasteiger partial charge in [0.05, 0.1) is 0 Å². The van der Waals surface area contributed by atoms with Gasteiger partial charge in [0.25, 0.3) is 5.91 Å². The summed E-state index contributed by atoms with van der Waals surface area (Å²) >= 11 is 3.44. The summed E-state index contributed by atoms with van der Waals surface area (Å²) in [4.78, 5) is 14.4. The number of amides is 1. The van der Waals surface area contributed by atoms with E-state index < -0.39 is 0 Å². The first-order valence-electron chi connectivity index (χ1n) is 6.52. The molecule has 2 heterocycles. The Labute approximate surface area is 116 Å². The molecule has 2 rings (SSSR count). The van der Waals surface area contributed by atoms with Crippen molar-refractivity contribution in [1.82, 2.24) is 9.47 Å². The van der Waals surface area contributed by atoms with Gasteiger partial charge >= 0.3 is 0 Å². The Bertz CT molecular complexity index is 422. The van der Waals surface area contributed by atoms with E-state index in [1.165, 1.54) is 0 Å². The van der Waals surface area contributed by atoms with Gasteiger partial charge in [0, 0.05) is 36.3 Å². The fourth-order valence-electron chi connectivity index (χ4n) is 2.34. The highest BCUT2D eigenvalue weighted by Gasteiger charge is 2.23. The largest absolute Gasteiger partial charge is 0.342 e. The molecule has 1 saturated heterocycles. The van der Waals surface area contributed by atoms with Crippen molar-refractivity contribution in [2.24, 2.45) is 5.73 Å². The van der Waals surface area contributed by atoms with Gasteiger partial charge < -0.3 is 15.2 Å². The number of nitrogens with two attached hydrogens (primary N) is 1. The number of aromatic nitrogens is 1. The van der Waals surface area contributed by atoms with Crippen LogP contribution in [0.2, 0.25) is 0 Å². The molecule has 1 aromatic heterocycles. The van der Waals surface area contributed by atoms with Crippen molar-refractivity contribution < 1.29 is 4.79 Å². The van der Waals surface area contributed by atoms with Crippen LogP contribution in [0.4, 0.5) is 0 Å². The number of carbonyl (C=O) groups is 1. The lowest BCUT2D eigenvalue weighted by Gasteiger charge is -2.30. The summed E-state index contributed by atoms with van der Waals surface area (Å²) in [7, 11) is 0. The van der Waals surface area contributed by atoms with Gasteiger partial charge in [-0.05, 0) is 41.3 Å². The van der Waals surface area contributed by atoms with Gasteiger partial charge in [0.2, 0.25) is 0 Å². The maximum absolute atomic E-state index is 12.5. The quantitative estimate of drug-likeness (QED) is 0.930. The third-order valence-corrected chi connectivity index (χ3v) is 3.81. The SMILES string of the molecule is CCCn1cc(Br)cc1C(=O)N1CCC(N)CC1. The van der Waals surface area contributed by atoms with Gasteiger partial charge in [-0.3, -0.25) is 4.79 Å². The van der Waals surface area contributed by atoms with E-state index in [0.29, 0.717) is 0 Å². The molecule has 1 aliphatic heterocycles. The standard InChI is InChI=1S/C13H20BrN3O/c1-2-5-17-9-10(14)8-12(17)13(18)16-6-3-11(15)4-7-16/h8-9,11H,2-7,15H2,1H3. The molecule has 4 nitrogen and oxygen atoms in total. The Hall–Kier alpha value is -0.810. The van der Waals surface area contributed by atoms with E-state index in [1.807, 2.05) is 21.7 Å². The summed E-state index contributed by atoms with van der Waals surface area (Å²) in [6.45, 7) is 4.53. The van der Waals surface area contributed by atoms with Crippen molar-refractivity contribution in [3.63, 3.8) is 0 Å². The number of halogens is 1. The molecule has 1 aromatic rings. The van der Waals surface area contributed by atoms with Crippen molar-refractivity contribution >= 4 is 21.8 Å². The molecule has 1 aliphatic rings. The predicted molar refractivity (Wildman–Crippen MR) is 75.5 cm³/mol. The third kappa shape index (κ3) is 2.95. The van der Waals surface area contributed by atoms with E-state index in [4.69, 9.17) is 5.73 Å². The van der Waals surface area contributed by atoms with Gasteiger partial charge in [0.1, 0.15) is 5.69 Å². The Morgan fingerprint density at radius 2 is 2.17 bits per heavy atom. The highest BCUT2D eigenvalue weighted by molar-refractivity contribution is 9.10. The highest BCUT2D eigenvalue weighted by Crippen LogP contribution is 2.19. The van der Waals surface area contributed by atoms with Gasteiger partial charge in [0.15, 0.2) is 0 Å². The summed E-state index contributed by atoms with van der Waals surface area (Å²) in [6.07, 6.45) is 4.81. The summed E-state index contributed by atoms with van der Waals surface area (Å²) < 4.78 is 2.99. The molecule has 0 aliphatic carbocycles. The lowest BCUT2D eigenvalue weighted by molar-refractivity contribution is 0.0703. The Morgan fingerprint density at radius 3 is 2.78 bits per heavy atom. The second-order valence-electron chi connectivity index (χ2n) is 4.87. The van der Waals surface area contributed by atoms with Crippen LogP contribution >= 0.6 is 15.9 Å². The number of piperidine rings is 1. The number of carbonyl (C=O) groups excluding carboxylic acids is 1. The second-order valence-corrected chi connectivity index (χ2v) is 5.78. The first kappa shape index (κ1) is 13.6. The van der Waals surface area contributed by atoms with Crippen LogP contribution in [0.25, 0.3) is 0 Å². The molecule has 100 valence electrons. The van der Waals surface area contributed by atoms with Crippen LogP contribution in [0, 0.1) is 0 Å². The average molecular weight is 314 g/mol. The lowest BCUT2D eigenvalue weighted by Crippen LogP contribution is -2.43. The molecule has 0 unspecified atom stereocenters. The number of hydrogen-bond acceptors (Lipinski definition) is 2. The Balaban J connectivity index is 2.12. The zero-order chi connectivity index (χ0) is 13.1. The first-order valence-corrected chi connectivity index (χ1v) is 7.31. The molecule has 0 spiro atoms. The number of likely N-dealkylation sites (tertiary alicyclic amines) is 1. The summed E-state index contributed by atoms with van der Waals surface area (Å²) in [5.74, 6) is 0.126. The summed E-state index contributed by atoms with van der Waals surface area (Å²) in [6, 6.07) is 2.16. The molecule has 0 bridgehead atoms. The lowest BCUT2D eigenvalue weighted by atomic mass is 10.1. The van der Waals surface area contributed by atoms with Crippen LogP contribution in [0.15, 0.2) is 16.7 Å². The molecule has 18 heavy (non-hydrogen) atoms. The zero-order valence-corrected chi connectivity index (χ0v) is 12.3. The number of rotatable bonds is 3. The molecule has 0 saturated carbocycles. The third-order valence-electron chi connectivity index (χ3n) is 3.37. The van der Waals surface area contributed by atoms with E-state index in [0.717, 1.165) is 49.1 Å². The minimum atomic E-state index is 0.126. The smallest absolute Gasteiger partial charge is 0.270 e. The van der Waals surface area contributed by atoms with Gasteiger partial charge in [-0.2, -0.15) is 0 Å². The van der Waals surface area contributed by atoms with E-state index in [-0.39, 0.29) is 11.9 Å². The topological polar surface area (TPSA) is 51.3 Å². The average Bonchev–Trinajstić information content (AvgIpc) is 2.71. The first-order chi connectivity index (χ1) is 8.61. The van der Waals surface area contributed by atoms with Crippen molar-refractivity contribution in [2.45, 2.75) is 38.8 Å². The fraction of sp³-hybridized carbons (Fsp3) is 0.615. The predicted octanol–water partition coefficient (Wildman–Crippen LogP) is 2.22. The van der Waals surface area contributed by atoms with E-state index in [2.05, 4.69) is 22.9 Å². The molecule has 1 fully saturated rings. The maximum Gasteiger partial charge on any atom is 0.270 e. The van der Waals surface area contributed by atoms with Crippen LogP contribution in [-0.2, 0) is 6.54 Å². The van der Waals surface area contributed by atoms with Crippen LogP contribution in [0.3, 0.4) is 0 Å². The highest BCUT2D eigenvalue weighted by atomic mass is 79.9. The van der Waals surface area contributed by atoms with Crippen LogP contribution in [0.1, 0.15) is 36.7 Å². The van der Waals surface area contributed by atoms with Gasteiger partial charge in [-0.1, -0.05) is 6.92 Å².